The van der Waals surface area contributed by atoms with Gasteiger partial charge in [-0.05, 0) is 23.8 Å². The second kappa shape index (κ2) is 3.59. The van der Waals surface area contributed by atoms with Gasteiger partial charge < -0.3 is 9.84 Å². The number of methoxy groups -OCH3 is 1. The number of aliphatic hydroxyl groups excluding tert-OH is 1. The minimum Gasteiger partial charge on any atom is -0.507 e. The van der Waals surface area contributed by atoms with Gasteiger partial charge in [0, 0.05) is 17.0 Å². The smallest absolute Gasteiger partial charge is 0.337 e. The predicted octanol–water partition coefficient (Wildman–Crippen LogP) is 2.34. The molecule has 1 N–H and O–H groups in total. The summed E-state index contributed by atoms with van der Waals surface area (Å²) in [6.07, 6.45) is 0.369. The summed E-state index contributed by atoms with van der Waals surface area (Å²) in [6.45, 7) is 0. The Morgan fingerprint density at radius 2 is 2.27 bits per heavy atom. The van der Waals surface area contributed by atoms with Gasteiger partial charge >= 0.3 is 5.97 Å². The van der Waals surface area contributed by atoms with Crippen molar-refractivity contribution in [1.29, 1.82) is 0 Å². The van der Waals surface area contributed by atoms with Gasteiger partial charge in [0.25, 0.3) is 0 Å². The molecule has 3 nitrogen and oxygen atoms in total. The van der Waals surface area contributed by atoms with Crippen LogP contribution in [0.15, 0.2) is 23.8 Å². The molecule has 0 saturated carbocycles. The lowest BCUT2D eigenvalue weighted by Crippen LogP contribution is -2.05. The van der Waals surface area contributed by atoms with E-state index in [9.17, 15) is 9.90 Å². The highest BCUT2D eigenvalue weighted by atomic mass is 35.5. The molecule has 78 valence electrons. The van der Waals surface area contributed by atoms with Crippen molar-refractivity contribution in [1.82, 2.24) is 0 Å². The number of aliphatic hydroxyl groups is 1. The first-order valence-electron chi connectivity index (χ1n) is 4.42. The molecule has 1 aliphatic rings. The highest BCUT2D eigenvalue weighted by Gasteiger charge is 2.26. The van der Waals surface area contributed by atoms with Crippen molar-refractivity contribution >= 4 is 23.3 Å². The van der Waals surface area contributed by atoms with Crippen LogP contribution in [0.3, 0.4) is 0 Å². The van der Waals surface area contributed by atoms with E-state index in [0.29, 0.717) is 17.0 Å². The third-order valence-corrected chi connectivity index (χ3v) is 2.64. The zero-order chi connectivity index (χ0) is 11.0. The van der Waals surface area contributed by atoms with Crippen molar-refractivity contribution in [3.8, 4) is 0 Å². The molecule has 1 aromatic carbocycles. The van der Waals surface area contributed by atoms with E-state index in [1.165, 1.54) is 7.11 Å². The summed E-state index contributed by atoms with van der Waals surface area (Å²) in [6, 6.07) is 5.11. The normalized spacial score (nSPS) is 14.0. The number of ether oxygens (including phenoxy) is 1. The molecule has 0 radical (unpaired) electrons. The van der Waals surface area contributed by atoms with Gasteiger partial charge in [0.05, 0.1) is 12.7 Å². The molecule has 0 aromatic heterocycles. The highest BCUT2D eigenvalue weighted by molar-refractivity contribution is 6.30. The van der Waals surface area contributed by atoms with Crippen molar-refractivity contribution in [2.24, 2.45) is 0 Å². The molecule has 0 heterocycles. The number of carbonyl (C=O) groups is 1. The second-order valence-corrected chi connectivity index (χ2v) is 3.73. The SMILES string of the molecule is COC(=O)C1=C(O)c2ccc(Cl)cc2C1. The maximum Gasteiger partial charge on any atom is 0.337 e. The summed E-state index contributed by atoms with van der Waals surface area (Å²) < 4.78 is 4.58. The lowest BCUT2D eigenvalue weighted by Gasteiger charge is -1.99. The number of halogens is 1. The Morgan fingerprint density at radius 3 is 2.93 bits per heavy atom. The number of hydrogen-bond acceptors (Lipinski definition) is 3. The Balaban J connectivity index is 2.45. The Hall–Kier alpha value is -1.48. The van der Waals surface area contributed by atoms with Crippen molar-refractivity contribution in [3.63, 3.8) is 0 Å². The predicted molar refractivity (Wildman–Crippen MR) is 56.7 cm³/mol. The fourth-order valence-corrected chi connectivity index (χ4v) is 1.86. The van der Waals surface area contributed by atoms with Crippen LogP contribution in [0.4, 0.5) is 0 Å². The molecular formula is C11H9ClO3. The van der Waals surface area contributed by atoms with Crippen LogP contribution in [0.1, 0.15) is 11.1 Å². The number of rotatable bonds is 1. The third-order valence-electron chi connectivity index (χ3n) is 2.41. The molecule has 0 amide bonds. The molecule has 0 spiro atoms. The van der Waals surface area contributed by atoms with Gasteiger partial charge in [-0.2, -0.15) is 0 Å². The summed E-state index contributed by atoms with van der Waals surface area (Å²) in [4.78, 5) is 11.3. The average Bonchev–Trinajstić information content (AvgIpc) is 2.54. The van der Waals surface area contributed by atoms with E-state index in [2.05, 4.69) is 4.74 Å². The van der Waals surface area contributed by atoms with Gasteiger partial charge in [-0.1, -0.05) is 11.6 Å². The maximum absolute atomic E-state index is 11.3. The molecule has 0 fully saturated rings. The number of hydrogen-bond donors (Lipinski definition) is 1. The van der Waals surface area contributed by atoms with Crippen molar-refractivity contribution < 1.29 is 14.6 Å². The first-order chi connectivity index (χ1) is 7.13. The van der Waals surface area contributed by atoms with Crippen LogP contribution in [-0.4, -0.2) is 18.2 Å². The highest BCUT2D eigenvalue weighted by Crippen LogP contribution is 2.33. The fourth-order valence-electron chi connectivity index (χ4n) is 1.67. The lowest BCUT2D eigenvalue weighted by molar-refractivity contribution is -0.136. The number of benzene rings is 1. The Morgan fingerprint density at radius 1 is 1.53 bits per heavy atom. The molecule has 15 heavy (non-hydrogen) atoms. The molecule has 0 unspecified atom stereocenters. The summed E-state index contributed by atoms with van der Waals surface area (Å²) in [5, 5.41) is 10.4. The van der Waals surface area contributed by atoms with E-state index in [0.717, 1.165) is 5.56 Å². The molecule has 2 rings (SSSR count). The van der Waals surface area contributed by atoms with Crippen molar-refractivity contribution in [2.75, 3.05) is 7.11 Å². The van der Waals surface area contributed by atoms with E-state index in [1.807, 2.05) is 0 Å². The van der Waals surface area contributed by atoms with Gasteiger partial charge in [0.1, 0.15) is 5.76 Å². The van der Waals surface area contributed by atoms with Gasteiger partial charge in [0.2, 0.25) is 0 Å². The first kappa shape index (κ1) is 10.1. The molecule has 0 aliphatic heterocycles. The van der Waals surface area contributed by atoms with Crippen LogP contribution in [0.25, 0.3) is 5.76 Å². The summed E-state index contributed by atoms with van der Waals surface area (Å²) >= 11 is 5.82. The van der Waals surface area contributed by atoms with Gasteiger partial charge in [-0.3, -0.25) is 0 Å². The second-order valence-electron chi connectivity index (χ2n) is 3.30. The van der Waals surface area contributed by atoms with Gasteiger partial charge in [-0.25, -0.2) is 4.79 Å². The van der Waals surface area contributed by atoms with Gasteiger partial charge in [0.15, 0.2) is 0 Å². The summed E-state index contributed by atoms with van der Waals surface area (Å²) in [7, 11) is 1.29. The van der Waals surface area contributed by atoms with E-state index >= 15 is 0 Å². The molecule has 0 saturated heterocycles. The quantitative estimate of drug-likeness (QED) is 0.745. The maximum atomic E-state index is 11.3. The summed E-state index contributed by atoms with van der Waals surface area (Å²) in [5.74, 6) is -0.506. The Bertz CT molecular complexity index is 463. The van der Waals surface area contributed by atoms with E-state index < -0.39 is 5.97 Å². The fraction of sp³-hybridized carbons (Fsp3) is 0.182. The van der Waals surface area contributed by atoms with E-state index in [4.69, 9.17) is 11.6 Å². The minimum atomic E-state index is -0.500. The average molecular weight is 225 g/mol. The first-order valence-corrected chi connectivity index (χ1v) is 4.80. The van der Waals surface area contributed by atoms with Crippen LogP contribution < -0.4 is 0 Å². The molecule has 0 bridgehead atoms. The van der Waals surface area contributed by atoms with Crippen LogP contribution in [0.5, 0.6) is 0 Å². The van der Waals surface area contributed by atoms with Crippen molar-refractivity contribution in [3.05, 3.63) is 39.9 Å². The molecule has 1 aromatic rings. The van der Waals surface area contributed by atoms with Crippen LogP contribution in [0, 0.1) is 0 Å². The zero-order valence-electron chi connectivity index (χ0n) is 8.08. The lowest BCUT2D eigenvalue weighted by atomic mass is 10.1. The Kier molecular flexibility index (Phi) is 2.40. The molecule has 1 aliphatic carbocycles. The van der Waals surface area contributed by atoms with Gasteiger partial charge in [-0.15, -0.1) is 0 Å². The largest absolute Gasteiger partial charge is 0.507 e. The zero-order valence-corrected chi connectivity index (χ0v) is 8.84. The third kappa shape index (κ3) is 1.59. The monoisotopic (exact) mass is 224 g/mol. The van der Waals surface area contributed by atoms with E-state index in [1.54, 1.807) is 18.2 Å². The van der Waals surface area contributed by atoms with Crippen LogP contribution >= 0.6 is 11.6 Å². The molecule has 4 heteroatoms. The molecular weight excluding hydrogens is 216 g/mol. The Labute approximate surface area is 91.9 Å². The molecule has 0 atom stereocenters. The number of esters is 1. The standard InChI is InChI=1S/C11H9ClO3/c1-15-11(14)9-5-6-4-7(12)2-3-8(6)10(9)13/h2-4,13H,5H2,1H3. The number of carbonyl (C=O) groups excluding carboxylic acids is 1. The van der Waals surface area contributed by atoms with E-state index in [-0.39, 0.29) is 11.3 Å². The summed E-state index contributed by atoms with van der Waals surface area (Å²) in [5.41, 5.74) is 1.79. The topological polar surface area (TPSA) is 46.5 Å². The number of fused-ring (bicyclic) bond motifs is 1. The van der Waals surface area contributed by atoms with Crippen LogP contribution in [-0.2, 0) is 16.0 Å². The van der Waals surface area contributed by atoms with Crippen LogP contribution in [0.2, 0.25) is 5.02 Å². The minimum absolute atomic E-state index is 0.00600. The van der Waals surface area contributed by atoms with Crippen molar-refractivity contribution in [2.45, 2.75) is 6.42 Å².